The standard InChI is InChI=1S/C40H39N/c1-38(2,3)35-30-20-15-24-12-11-21-41-37(24)34(30)36(39(4,5)6)29-19-17-25(22-31(29)35)26-16-18-28-27-13-9-10-14-32(27)40(7,8)33(28)23-26/h9-23H,1-8H3. The second-order valence-electron chi connectivity index (χ2n) is 14.5. The average Bonchev–Trinajstić information content (AvgIpc) is 3.16. The van der Waals surface area contributed by atoms with Crippen LogP contribution in [-0.4, -0.2) is 4.98 Å². The van der Waals surface area contributed by atoms with Crippen molar-refractivity contribution < 1.29 is 0 Å². The molecule has 1 heterocycles. The highest BCUT2D eigenvalue weighted by Crippen LogP contribution is 2.50. The predicted molar refractivity (Wildman–Crippen MR) is 177 cm³/mol. The lowest BCUT2D eigenvalue weighted by molar-refractivity contribution is 0.593. The van der Waals surface area contributed by atoms with Gasteiger partial charge in [0.2, 0.25) is 0 Å². The van der Waals surface area contributed by atoms with Crippen molar-refractivity contribution in [3.05, 3.63) is 113 Å². The van der Waals surface area contributed by atoms with Crippen molar-refractivity contribution in [3.63, 3.8) is 0 Å². The minimum Gasteiger partial charge on any atom is -0.256 e. The zero-order valence-electron chi connectivity index (χ0n) is 25.6. The summed E-state index contributed by atoms with van der Waals surface area (Å²) in [4.78, 5) is 4.94. The minimum atomic E-state index is -0.0520. The lowest BCUT2D eigenvalue weighted by Crippen LogP contribution is -2.18. The molecule has 6 aromatic rings. The summed E-state index contributed by atoms with van der Waals surface area (Å²) in [6, 6.07) is 32.0. The van der Waals surface area contributed by atoms with Gasteiger partial charge in [0.15, 0.2) is 0 Å². The fourth-order valence-electron chi connectivity index (χ4n) is 7.51. The summed E-state index contributed by atoms with van der Waals surface area (Å²) in [5, 5.41) is 6.51. The smallest absolute Gasteiger partial charge is 0.0783 e. The number of benzene rings is 5. The molecule has 0 aliphatic heterocycles. The van der Waals surface area contributed by atoms with Gasteiger partial charge in [-0.2, -0.15) is 0 Å². The van der Waals surface area contributed by atoms with E-state index < -0.39 is 0 Å². The number of hydrogen-bond acceptors (Lipinski definition) is 1. The summed E-state index contributed by atoms with van der Waals surface area (Å²) in [6.07, 6.45) is 1.94. The van der Waals surface area contributed by atoms with Gasteiger partial charge >= 0.3 is 0 Å². The highest BCUT2D eigenvalue weighted by molar-refractivity contribution is 6.17. The molecule has 5 aromatic carbocycles. The molecule has 1 nitrogen and oxygen atoms in total. The van der Waals surface area contributed by atoms with Gasteiger partial charge in [-0.05, 0) is 89.7 Å². The second kappa shape index (κ2) is 8.52. The van der Waals surface area contributed by atoms with E-state index in [1.807, 2.05) is 12.3 Å². The van der Waals surface area contributed by atoms with E-state index in [0.29, 0.717) is 0 Å². The van der Waals surface area contributed by atoms with Crippen molar-refractivity contribution in [3.8, 4) is 22.3 Å². The van der Waals surface area contributed by atoms with E-state index in [4.69, 9.17) is 4.98 Å². The van der Waals surface area contributed by atoms with Crippen LogP contribution < -0.4 is 0 Å². The first kappa shape index (κ1) is 26.0. The zero-order valence-corrected chi connectivity index (χ0v) is 25.6. The Morgan fingerprint density at radius 2 is 1.22 bits per heavy atom. The Kier molecular flexibility index (Phi) is 5.40. The SMILES string of the molecule is CC(C)(C)c1c2cc(-c3ccc4c(c3)C(C)(C)c3ccccc3-4)ccc2c(C(C)(C)C)c2c1ccc1cccnc12. The van der Waals surface area contributed by atoms with Gasteiger partial charge in [0.1, 0.15) is 0 Å². The van der Waals surface area contributed by atoms with E-state index in [0.717, 1.165) is 5.52 Å². The molecular weight excluding hydrogens is 494 g/mol. The fraction of sp³-hybridized carbons (Fsp3) is 0.275. The molecule has 1 aliphatic rings. The van der Waals surface area contributed by atoms with E-state index >= 15 is 0 Å². The molecule has 7 rings (SSSR count). The van der Waals surface area contributed by atoms with Crippen molar-refractivity contribution in [1.29, 1.82) is 0 Å². The van der Waals surface area contributed by atoms with Gasteiger partial charge in [-0.25, -0.2) is 0 Å². The maximum absolute atomic E-state index is 4.94. The predicted octanol–water partition coefficient (Wildman–Crippen LogP) is 11.1. The van der Waals surface area contributed by atoms with Crippen LogP contribution in [0.5, 0.6) is 0 Å². The topological polar surface area (TPSA) is 12.9 Å². The number of fused-ring (bicyclic) bond motifs is 7. The van der Waals surface area contributed by atoms with Crippen molar-refractivity contribution >= 4 is 32.4 Å². The van der Waals surface area contributed by atoms with E-state index in [2.05, 4.69) is 134 Å². The van der Waals surface area contributed by atoms with Crippen LogP contribution in [0, 0.1) is 0 Å². The number of aromatic nitrogens is 1. The summed E-state index contributed by atoms with van der Waals surface area (Å²) < 4.78 is 0. The van der Waals surface area contributed by atoms with Gasteiger partial charge < -0.3 is 0 Å². The van der Waals surface area contributed by atoms with Crippen molar-refractivity contribution in [1.82, 2.24) is 4.98 Å². The number of rotatable bonds is 1. The summed E-state index contributed by atoms with van der Waals surface area (Å²) in [5.74, 6) is 0. The van der Waals surface area contributed by atoms with Gasteiger partial charge in [-0.1, -0.05) is 122 Å². The maximum Gasteiger partial charge on any atom is 0.0783 e. The number of nitrogens with zero attached hydrogens (tertiary/aromatic N) is 1. The third-order valence-electron chi connectivity index (χ3n) is 9.27. The molecule has 0 fully saturated rings. The monoisotopic (exact) mass is 533 g/mol. The first-order valence-electron chi connectivity index (χ1n) is 14.9. The highest BCUT2D eigenvalue weighted by atomic mass is 14.6. The number of pyridine rings is 1. The van der Waals surface area contributed by atoms with Crippen LogP contribution in [0.1, 0.15) is 77.6 Å². The lowest BCUT2D eigenvalue weighted by Gasteiger charge is -2.31. The summed E-state index contributed by atoms with van der Waals surface area (Å²) in [5.41, 5.74) is 11.9. The van der Waals surface area contributed by atoms with E-state index in [-0.39, 0.29) is 16.2 Å². The molecule has 1 aromatic heterocycles. The van der Waals surface area contributed by atoms with Crippen LogP contribution in [-0.2, 0) is 16.2 Å². The average molecular weight is 534 g/mol. The van der Waals surface area contributed by atoms with Gasteiger partial charge in [0.25, 0.3) is 0 Å². The number of hydrogen-bond donors (Lipinski definition) is 0. The Morgan fingerprint density at radius 1 is 0.561 bits per heavy atom. The Morgan fingerprint density at radius 3 is 1.98 bits per heavy atom. The molecule has 1 heteroatoms. The van der Waals surface area contributed by atoms with E-state index in [1.165, 1.54) is 71.4 Å². The minimum absolute atomic E-state index is 0.0149. The van der Waals surface area contributed by atoms with Gasteiger partial charge in [0, 0.05) is 22.4 Å². The van der Waals surface area contributed by atoms with Crippen LogP contribution in [0.4, 0.5) is 0 Å². The molecule has 0 N–H and O–H groups in total. The van der Waals surface area contributed by atoms with Crippen molar-refractivity contribution in [2.45, 2.75) is 71.6 Å². The van der Waals surface area contributed by atoms with Crippen LogP contribution >= 0.6 is 0 Å². The third kappa shape index (κ3) is 3.78. The van der Waals surface area contributed by atoms with Crippen LogP contribution in [0.2, 0.25) is 0 Å². The molecule has 0 radical (unpaired) electrons. The van der Waals surface area contributed by atoms with Crippen LogP contribution in [0.3, 0.4) is 0 Å². The molecule has 0 amide bonds. The molecule has 0 bridgehead atoms. The first-order chi connectivity index (χ1) is 19.4. The Hall–Kier alpha value is -3.97. The molecule has 0 saturated carbocycles. The lowest BCUT2D eigenvalue weighted by atomic mass is 9.73. The van der Waals surface area contributed by atoms with Crippen LogP contribution in [0.25, 0.3) is 54.7 Å². The van der Waals surface area contributed by atoms with Gasteiger partial charge in [-0.15, -0.1) is 0 Å². The van der Waals surface area contributed by atoms with Crippen molar-refractivity contribution in [2.24, 2.45) is 0 Å². The van der Waals surface area contributed by atoms with Gasteiger partial charge in [0.05, 0.1) is 5.52 Å². The first-order valence-corrected chi connectivity index (χ1v) is 14.9. The molecule has 0 atom stereocenters. The van der Waals surface area contributed by atoms with Crippen molar-refractivity contribution in [2.75, 3.05) is 0 Å². The molecule has 204 valence electrons. The summed E-state index contributed by atoms with van der Waals surface area (Å²) >= 11 is 0. The molecule has 41 heavy (non-hydrogen) atoms. The quantitative estimate of drug-likeness (QED) is 0.151. The van der Waals surface area contributed by atoms with E-state index in [1.54, 1.807) is 0 Å². The Labute approximate surface area is 244 Å². The Bertz CT molecular complexity index is 2030. The van der Waals surface area contributed by atoms with E-state index in [9.17, 15) is 0 Å². The molecule has 0 saturated heterocycles. The molecular formula is C40H39N. The maximum atomic E-state index is 4.94. The second-order valence-corrected chi connectivity index (χ2v) is 14.5. The molecule has 0 unspecified atom stereocenters. The molecule has 1 aliphatic carbocycles. The third-order valence-corrected chi connectivity index (χ3v) is 9.27. The normalized spacial score (nSPS) is 14.5. The summed E-state index contributed by atoms with van der Waals surface area (Å²) in [6.45, 7) is 18.8. The van der Waals surface area contributed by atoms with Gasteiger partial charge in [-0.3, -0.25) is 4.98 Å². The van der Waals surface area contributed by atoms with Crippen LogP contribution in [0.15, 0.2) is 91.1 Å². The Balaban J connectivity index is 1.55. The zero-order chi connectivity index (χ0) is 28.9. The molecule has 0 spiro atoms. The highest BCUT2D eigenvalue weighted by Gasteiger charge is 2.35. The fourth-order valence-corrected chi connectivity index (χ4v) is 7.51. The summed E-state index contributed by atoms with van der Waals surface area (Å²) in [7, 11) is 0. The largest absolute Gasteiger partial charge is 0.256 e.